The third-order valence-electron chi connectivity index (χ3n) is 2.66. The van der Waals surface area contributed by atoms with E-state index in [2.05, 4.69) is 10.0 Å². The molecule has 2 rings (SSSR count). The van der Waals surface area contributed by atoms with Crippen LogP contribution in [0.25, 0.3) is 0 Å². The van der Waals surface area contributed by atoms with Gasteiger partial charge in [-0.1, -0.05) is 0 Å². The highest BCUT2D eigenvalue weighted by atomic mass is 32.2. The molecule has 1 atom stereocenters. The van der Waals surface area contributed by atoms with Crippen molar-refractivity contribution in [2.24, 2.45) is 0 Å². The molecular weight excluding hydrogens is 216 g/mol. The predicted molar refractivity (Wildman–Crippen MR) is 57.2 cm³/mol. The Balaban J connectivity index is 1.67. The molecule has 2 fully saturated rings. The molecule has 0 bridgehead atoms. The molecule has 2 aliphatic rings. The van der Waals surface area contributed by atoms with Gasteiger partial charge in [-0.15, -0.1) is 0 Å². The molecular formula is C9H18N2O3S. The van der Waals surface area contributed by atoms with Crippen molar-refractivity contribution in [1.29, 1.82) is 0 Å². The average Bonchev–Trinajstić information content (AvgIpc) is 2.83. The first-order valence-corrected chi connectivity index (χ1v) is 7.12. The van der Waals surface area contributed by atoms with E-state index in [4.69, 9.17) is 4.74 Å². The van der Waals surface area contributed by atoms with Crippen LogP contribution in [0.4, 0.5) is 0 Å². The highest BCUT2D eigenvalue weighted by molar-refractivity contribution is 7.89. The third-order valence-corrected chi connectivity index (χ3v) is 4.09. The SMILES string of the molecule is O=S(=O)(CCNC1CC1)NC1CCOC1. The molecule has 1 saturated heterocycles. The Morgan fingerprint density at radius 1 is 1.20 bits per heavy atom. The van der Waals surface area contributed by atoms with E-state index >= 15 is 0 Å². The number of nitrogens with one attached hydrogen (secondary N) is 2. The van der Waals surface area contributed by atoms with E-state index in [0.29, 0.717) is 25.8 Å². The van der Waals surface area contributed by atoms with E-state index < -0.39 is 10.0 Å². The fraction of sp³-hybridized carbons (Fsp3) is 1.00. The van der Waals surface area contributed by atoms with Crippen LogP contribution in [-0.2, 0) is 14.8 Å². The van der Waals surface area contributed by atoms with E-state index in [1.165, 1.54) is 12.8 Å². The van der Waals surface area contributed by atoms with Gasteiger partial charge in [0, 0.05) is 25.2 Å². The van der Waals surface area contributed by atoms with Gasteiger partial charge in [-0.25, -0.2) is 13.1 Å². The lowest BCUT2D eigenvalue weighted by molar-refractivity contribution is 0.192. The summed E-state index contributed by atoms with van der Waals surface area (Å²) in [4.78, 5) is 0. The fourth-order valence-corrected chi connectivity index (χ4v) is 2.82. The van der Waals surface area contributed by atoms with Crippen molar-refractivity contribution in [3.63, 3.8) is 0 Å². The minimum atomic E-state index is -3.13. The van der Waals surface area contributed by atoms with E-state index in [0.717, 1.165) is 6.42 Å². The second-order valence-corrected chi connectivity index (χ2v) is 6.10. The van der Waals surface area contributed by atoms with Gasteiger partial charge in [-0.3, -0.25) is 0 Å². The van der Waals surface area contributed by atoms with Crippen molar-refractivity contribution in [3.8, 4) is 0 Å². The first-order valence-electron chi connectivity index (χ1n) is 5.47. The second kappa shape index (κ2) is 4.78. The molecule has 1 aliphatic carbocycles. The smallest absolute Gasteiger partial charge is 0.213 e. The highest BCUT2D eigenvalue weighted by Gasteiger charge is 2.23. The van der Waals surface area contributed by atoms with E-state index in [-0.39, 0.29) is 11.8 Å². The Kier molecular flexibility index (Phi) is 3.60. The van der Waals surface area contributed by atoms with Crippen molar-refractivity contribution in [3.05, 3.63) is 0 Å². The molecule has 15 heavy (non-hydrogen) atoms. The van der Waals surface area contributed by atoms with Gasteiger partial charge in [0.1, 0.15) is 0 Å². The molecule has 1 heterocycles. The normalized spacial score (nSPS) is 27.1. The zero-order chi connectivity index (χ0) is 10.7. The summed E-state index contributed by atoms with van der Waals surface area (Å²) in [5, 5.41) is 3.19. The summed E-state index contributed by atoms with van der Waals surface area (Å²) in [5.74, 6) is 0.167. The second-order valence-electron chi connectivity index (χ2n) is 4.23. The molecule has 0 amide bonds. The molecule has 0 radical (unpaired) electrons. The Bertz CT molecular complexity index is 294. The molecule has 0 spiro atoms. The van der Waals surface area contributed by atoms with Gasteiger partial charge < -0.3 is 10.1 Å². The van der Waals surface area contributed by atoms with Gasteiger partial charge >= 0.3 is 0 Å². The lowest BCUT2D eigenvalue weighted by atomic mass is 10.3. The molecule has 6 heteroatoms. The van der Waals surface area contributed by atoms with Crippen LogP contribution in [0.5, 0.6) is 0 Å². The summed E-state index contributed by atoms with van der Waals surface area (Å²) in [6, 6.07) is 0.547. The average molecular weight is 234 g/mol. The summed E-state index contributed by atoms with van der Waals surface area (Å²) >= 11 is 0. The number of ether oxygens (including phenoxy) is 1. The summed E-state index contributed by atoms with van der Waals surface area (Å²) in [6.45, 7) is 1.72. The maximum Gasteiger partial charge on any atom is 0.213 e. The van der Waals surface area contributed by atoms with Crippen LogP contribution >= 0.6 is 0 Å². The Morgan fingerprint density at radius 2 is 2.00 bits per heavy atom. The van der Waals surface area contributed by atoms with Crippen LogP contribution in [0.15, 0.2) is 0 Å². The van der Waals surface area contributed by atoms with Crippen LogP contribution < -0.4 is 10.0 Å². The van der Waals surface area contributed by atoms with Gasteiger partial charge in [0.15, 0.2) is 0 Å². The number of hydrogen-bond acceptors (Lipinski definition) is 4. The quantitative estimate of drug-likeness (QED) is 0.647. The van der Waals surface area contributed by atoms with Crippen LogP contribution in [0.1, 0.15) is 19.3 Å². The molecule has 88 valence electrons. The maximum atomic E-state index is 11.6. The molecule has 5 nitrogen and oxygen atoms in total. The van der Waals surface area contributed by atoms with Crippen molar-refractivity contribution < 1.29 is 13.2 Å². The molecule has 0 aromatic heterocycles. The number of hydrogen-bond donors (Lipinski definition) is 2. The summed E-state index contributed by atoms with van der Waals surface area (Å²) < 4.78 is 30.9. The van der Waals surface area contributed by atoms with E-state index in [9.17, 15) is 8.42 Å². The topological polar surface area (TPSA) is 67.4 Å². The van der Waals surface area contributed by atoms with Crippen LogP contribution in [-0.4, -0.2) is 46.0 Å². The van der Waals surface area contributed by atoms with Crippen molar-refractivity contribution >= 4 is 10.0 Å². The molecule has 1 unspecified atom stereocenters. The van der Waals surface area contributed by atoms with Crippen molar-refractivity contribution in [2.75, 3.05) is 25.5 Å². The highest BCUT2D eigenvalue weighted by Crippen LogP contribution is 2.18. The predicted octanol–water partition coefficient (Wildman–Crippen LogP) is -0.553. The third kappa shape index (κ3) is 4.06. The lowest BCUT2D eigenvalue weighted by Gasteiger charge is -2.11. The Morgan fingerprint density at radius 3 is 2.60 bits per heavy atom. The number of rotatable bonds is 6. The number of sulfonamides is 1. The van der Waals surface area contributed by atoms with E-state index in [1.54, 1.807) is 0 Å². The molecule has 1 aliphatic heterocycles. The maximum absolute atomic E-state index is 11.6. The molecule has 2 N–H and O–H groups in total. The van der Waals surface area contributed by atoms with Crippen LogP contribution in [0.3, 0.4) is 0 Å². The first kappa shape index (κ1) is 11.3. The minimum absolute atomic E-state index is 0.0177. The van der Waals surface area contributed by atoms with E-state index in [1.807, 2.05) is 0 Å². The first-order chi connectivity index (χ1) is 7.16. The van der Waals surface area contributed by atoms with Gasteiger partial charge in [0.2, 0.25) is 10.0 Å². The van der Waals surface area contributed by atoms with Crippen molar-refractivity contribution in [1.82, 2.24) is 10.0 Å². The van der Waals surface area contributed by atoms with Crippen LogP contribution in [0.2, 0.25) is 0 Å². The van der Waals surface area contributed by atoms with Gasteiger partial charge in [-0.2, -0.15) is 0 Å². The Hall–Kier alpha value is -0.170. The standard InChI is InChI=1S/C9H18N2O3S/c12-15(13,6-4-10-8-1-2-8)11-9-3-5-14-7-9/h8-11H,1-7H2. The molecule has 1 saturated carbocycles. The summed E-state index contributed by atoms with van der Waals surface area (Å²) in [7, 11) is -3.13. The largest absolute Gasteiger partial charge is 0.380 e. The molecule has 0 aromatic rings. The fourth-order valence-electron chi connectivity index (χ4n) is 1.63. The summed E-state index contributed by atoms with van der Waals surface area (Å²) in [5.41, 5.74) is 0. The molecule has 0 aromatic carbocycles. The zero-order valence-electron chi connectivity index (χ0n) is 8.74. The minimum Gasteiger partial charge on any atom is -0.380 e. The van der Waals surface area contributed by atoms with Gasteiger partial charge in [0.25, 0.3) is 0 Å². The Labute approximate surface area is 90.6 Å². The monoisotopic (exact) mass is 234 g/mol. The van der Waals surface area contributed by atoms with Gasteiger partial charge in [-0.05, 0) is 19.3 Å². The lowest BCUT2D eigenvalue weighted by Crippen LogP contribution is -2.39. The summed E-state index contributed by atoms with van der Waals surface area (Å²) in [6.07, 6.45) is 3.16. The van der Waals surface area contributed by atoms with Crippen LogP contribution in [0, 0.1) is 0 Å². The van der Waals surface area contributed by atoms with Gasteiger partial charge in [0.05, 0.1) is 12.4 Å². The van der Waals surface area contributed by atoms with Crippen molar-refractivity contribution in [2.45, 2.75) is 31.3 Å². The zero-order valence-corrected chi connectivity index (χ0v) is 9.55.